The maximum Gasteiger partial charge on any atom is 0.0941 e. The first kappa shape index (κ1) is 11.2. The molecule has 2 nitrogen and oxygen atoms in total. The highest BCUT2D eigenvalue weighted by Crippen LogP contribution is 2.27. The summed E-state index contributed by atoms with van der Waals surface area (Å²) in [4.78, 5) is 4.80. The summed E-state index contributed by atoms with van der Waals surface area (Å²) >= 11 is 1.87. The average Bonchev–Trinajstić information content (AvgIpc) is 2.74. The molecule has 0 amide bonds. The number of nitrogens with one attached hydrogen (secondary N) is 1. The second-order valence-corrected chi connectivity index (χ2v) is 6.06. The van der Waals surface area contributed by atoms with E-state index >= 15 is 0 Å². The van der Waals surface area contributed by atoms with Crippen LogP contribution in [0, 0.1) is 12.8 Å². The molecule has 1 aliphatic rings. The van der Waals surface area contributed by atoms with Gasteiger partial charge in [0.2, 0.25) is 0 Å². The molecule has 1 saturated heterocycles. The zero-order valence-corrected chi connectivity index (χ0v) is 11.0. The number of thiazole rings is 1. The van der Waals surface area contributed by atoms with Gasteiger partial charge in [-0.05, 0) is 50.4 Å². The second-order valence-electron chi connectivity index (χ2n) is 4.95. The molecule has 1 atom stereocenters. The molecular formula is C14H18N2S. The van der Waals surface area contributed by atoms with Gasteiger partial charge in [0.1, 0.15) is 0 Å². The van der Waals surface area contributed by atoms with Gasteiger partial charge in [0.15, 0.2) is 0 Å². The van der Waals surface area contributed by atoms with Gasteiger partial charge in [-0.3, -0.25) is 0 Å². The number of hydrogen-bond donors (Lipinski definition) is 1. The summed E-state index contributed by atoms with van der Waals surface area (Å²) in [5.74, 6) is 0.782. The summed E-state index contributed by atoms with van der Waals surface area (Å²) in [6.45, 7) is 4.50. The Morgan fingerprint density at radius 1 is 1.47 bits per heavy atom. The monoisotopic (exact) mass is 246 g/mol. The normalized spacial score (nSPS) is 20.9. The van der Waals surface area contributed by atoms with E-state index in [2.05, 4.69) is 30.4 Å². The molecule has 2 heterocycles. The lowest BCUT2D eigenvalue weighted by Crippen LogP contribution is -2.30. The van der Waals surface area contributed by atoms with E-state index < -0.39 is 0 Å². The predicted octanol–water partition coefficient (Wildman–Crippen LogP) is 3.15. The van der Waals surface area contributed by atoms with Crippen LogP contribution in [0.4, 0.5) is 0 Å². The Kier molecular flexibility index (Phi) is 3.12. The Labute approximate surface area is 106 Å². The molecular weight excluding hydrogens is 228 g/mol. The van der Waals surface area contributed by atoms with Crippen molar-refractivity contribution < 1.29 is 0 Å². The summed E-state index contributed by atoms with van der Waals surface area (Å²) in [5.41, 5.74) is 2.50. The molecule has 3 heteroatoms. The second kappa shape index (κ2) is 4.75. The third-order valence-corrected chi connectivity index (χ3v) is 4.57. The van der Waals surface area contributed by atoms with Gasteiger partial charge in [-0.15, -0.1) is 11.3 Å². The van der Waals surface area contributed by atoms with Crippen molar-refractivity contribution in [3.8, 4) is 0 Å². The predicted molar refractivity (Wildman–Crippen MR) is 73.7 cm³/mol. The standard InChI is InChI=1S/C14H18N2S/c1-10-4-2-6-12-14(10)16-13(17-12)8-11-5-3-7-15-9-11/h2,4,6,11,15H,3,5,7-9H2,1H3. The number of hydrogen-bond acceptors (Lipinski definition) is 3. The van der Waals surface area contributed by atoms with Gasteiger partial charge in [-0.2, -0.15) is 0 Å². The molecule has 1 aromatic carbocycles. The smallest absolute Gasteiger partial charge is 0.0941 e. The molecule has 1 aromatic heterocycles. The van der Waals surface area contributed by atoms with Gasteiger partial charge in [-0.25, -0.2) is 4.98 Å². The molecule has 3 rings (SSSR count). The van der Waals surface area contributed by atoms with E-state index in [4.69, 9.17) is 4.98 Å². The van der Waals surface area contributed by atoms with Crippen molar-refractivity contribution in [2.45, 2.75) is 26.2 Å². The number of aryl methyl sites for hydroxylation is 1. The van der Waals surface area contributed by atoms with E-state index in [0.29, 0.717) is 0 Å². The third-order valence-electron chi connectivity index (χ3n) is 3.53. The first-order valence-electron chi connectivity index (χ1n) is 6.38. The van der Waals surface area contributed by atoms with E-state index in [1.807, 2.05) is 11.3 Å². The molecule has 0 radical (unpaired) electrons. The lowest BCUT2D eigenvalue weighted by Gasteiger charge is -2.21. The minimum absolute atomic E-state index is 0.782. The number of para-hydroxylation sites is 1. The van der Waals surface area contributed by atoms with Crippen LogP contribution in [0.5, 0.6) is 0 Å². The van der Waals surface area contributed by atoms with Crippen molar-refractivity contribution in [3.05, 3.63) is 28.8 Å². The molecule has 1 unspecified atom stereocenters. The minimum Gasteiger partial charge on any atom is -0.316 e. The number of benzene rings is 1. The topological polar surface area (TPSA) is 24.9 Å². The molecule has 1 fully saturated rings. The number of aromatic nitrogens is 1. The lowest BCUT2D eigenvalue weighted by atomic mass is 9.97. The van der Waals surface area contributed by atoms with Crippen molar-refractivity contribution in [3.63, 3.8) is 0 Å². The molecule has 17 heavy (non-hydrogen) atoms. The first-order chi connectivity index (χ1) is 8.33. The zero-order chi connectivity index (χ0) is 11.7. The van der Waals surface area contributed by atoms with Crippen LogP contribution in [0.2, 0.25) is 0 Å². The van der Waals surface area contributed by atoms with Crippen LogP contribution in [0.25, 0.3) is 10.2 Å². The van der Waals surface area contributed by atoms with E-state index in [1.54, 1.807) is 0 Å². The van der Waals surface area contributed by atoms with Crippen LogP contribution in [0.3, 0.4) is 0 Å². The first-order valence-corrected chi connectivity index (χ1v) is 7.20. The highest BCUT2D eigenvalue weighted by atomic mass is 32.1. The van der Waals surface area contributed by atoms with Crippen molar-refractivity contribution in [2.75, 3.05) is 13.1 Å². The molecule has 0 spiro atoms. The Morgan fingerprint density at radius 3 is 3.18 bits per heavy atom. The van der Waals surface area contributed by atoms with Crippen LogP contribution < -0.4 is 5.32 Å². The molecule has 0 aliphatic carbocycles. The molecule has 1 N–H and O–H groups in total. The molecule has 0 saturated carbocycles. The number of nitrogens with zero attached hydrogens (tertiary/aromatic N) is 1. The maximum absolute atomic E-state index is 4.80. The molecule has 1 aliphatic heterocycles. The summed E-state index contributed by atoms with van der Waals surface area (Å²) in [6, 6.07) is 6.46. The van der Waals surface area contributed by atoms with Gasteiger partial charge in [0, 0.05) is 6.42 Å². The van der Waals surface area contributed by atoms with Crippen LogP contribution in [-0.2, 0) is 6.42 Å². The highest BCUT2D eigenvalue weighted by Gasteiger charge is 2.15. The number of rotatable bonds is 2. The summed E-state index contributed by atoms with van der Waals surface area (Å²) in [6.07, 6.45) is 3.81. The van der Waals surface area contributed by atoms with E-state index in [-0.39, 0.29) is 0 Å². The van der Waals surface area contributed by atoms with Crippen molar-refractivity contribution in [1.82, 2.24) is 10.3 Å². The van der Waals surface area contributed by atoms with Crippen LogP contribution in [0.1, 0.15) is 23.4 Å². The summed E-state index contributed by atoms with van der Waals surface area (Å²) in [5, 5.41) is 4.79. The van der Waals surface area contributed by atoms with Crippen LogP contribution in [0.15, 0.2) is 18.2 Å². The van der Waals surface area contributed by atoms with Gasteiger partial charge in [0.05, 0.1) is 15.2 Å². The fourth-order valence-electron chi connectivity index (χ4n) is 2.56. The fourth-order valence-corrected chi connectivity index (χ4v) is 3.72. The van der Waals surface area contributed by atoms with Gasteiger partial charge >= 0.3 is 0 Å². The Hall–Kier alpha value is -0.930. The number of piperidine rings is 1. The van der Waals surface area contributed by atoms with Gasteiger partial charge in [-0.1, -0.05) is 12.1 Å². The lowest BCUT2D eigenvalue weighted by molar-refractivity contribution is 0.376. The summed E-state index contributed by atoms with van der Waals surface area (Å²) < 4.78 is 1.34. The van der Waals surface area contributed by atoms with Crippen molar-refractivity contribution >= 4 is 21.6 Å². The maximum atomic E-state index is 4.80. The van der Waals surface area contributed by atoms with Crippen LogP contribution in [-0.4, -0.2) is 18.1 Å². The molecule has 90 valence electrons. The highest BCUT2D eigenvalue weighted by molar-refractivity contribution is 7.18. The Balaban J connectivity index is 1.83. The van der Waals surface area contributed by atoms with E-state index in [1.165, 1.54) is 40.2 Å². The zero-order valence-electron chi connectivity index (χ0n) is 10.2. The summed E-state index contributed by atoms with van der Waals surface area (Å²) in [7, 11) is 0. The number of fused-ring (bicyclic) bond motifs is 1. The minimum atomic E-state index is 0.782. The van der Waals surface area contributed by atoms with E-state index in [0.717, 1.165) is 18.9 Å². The van der Waals surface area contributed by atoms with E-state index in [9.17, 15) is 0 Å². The Bertz CT molecular complexity index is 512. The van der Waals surface area contributed by atoms with Crippen LogP contribution >= 0.6 is 11.3 Å². The molecule has 0 bridgehead atoms. The SMILES string of the molecule is Cc1cccc2sc(CC3CCCNC3)nc12. The van der Waals surface area contributed by atoms with Gasteiger partial charge < -0.3 is 5.32 Å². The molecule has 2 aromatic rings. The third kappa shape index (κ3) is 2.35. The fraction of sp³-hybridized carbons (Fsp3) is 0.500. The van der Waals surface area contributed by atoms with Crippen molar-refractivity contribution in [1.29, 1.82) is 0 Å². The average molecular weight is 246 g/mol. The van der Waals surface area contributed by atoms with Crippen molar-refractivity contribution in [2.24, 2.45) is 5.92 Å². The largest absolute Gasteiger partial charge is 0.316 e. The quantitative estimate of drug-likeness (QED) is 0.880. The van der Waals surface area contributed by atoms with Gasteiger partial charge in [0.25, 0.3) is 0 Å². The Morgan fingerprint density at radius 2 is 2.41 bits per heavy atom.